The molecule has 1 saturated heterocycles. The van der Waals surface area contributed by atoms with Crippen LogP contribution in [0.2, 0.25) is 0 Å². The number of carbonyl (C=O) groups excluding carboxylic acids is 1. The summed E-state index contributed by atoms with van der Waals surface area (Å²) >= 11 is 0. The lowest BCUT2D eigenvalue weighted by atomic mass is 9.87. The van der Waals surface area contributed by atoms with Crippen LogP contribution in [-0.2, 0) is 4.79 Å². The Bertz CT molecular complexity index is 609. The van der Waals surface area contributed by atoms with Crippen molar-refractivity contribution in [3.8, 4) is 0 Å². The number of nitrogens with zero attached hydrogens (tertiary/aromatic N) is 1. The van der Waals surface area contributed by atoms with Crippen molar-refractivity contribution in [1.82, 2.24) is 4.90 Å². The first kappa shape index (κ1) is 17.7. The smallest absolute Gasteiger partial charge is 0.217 e. The van der Waals surface area contributed by atoms with Crippen molar-refractivity contribution in [3.63, 3.8) is 0 Å². The second-order valence-electron chi connectivity index (χ2n) is 7.12. The number of likely N-dealkylation sites (tertiary alicyclic amines) is 1. The van der Waals surface area contributed by atoms with E-state index in [9.17, 15) is 4.79 Å². The fourth-order valence-electron chi connectivity index (χ4n) is 3.91. The highest BCUT2D eigenvalue weighted by Crippen LogP contribution is 2.29. The van der Waals surface area contributed by atoms with Crippen LogP contribution >= 0.6 is 0 Å². The van der Waals surface area contributed by atoms with Crippen molar-refractivity contribution in [2.75, 3.05) is 19.6 Å². The van der Waals surface area contributed by atoms with Crippen LogP contribution in [0, 0.1) is 5.92 Å². The van der Waals surface area contributed by atoms with Gasteiger partial charge in [-0.25, -0.2) is 0 Å². The lowest BCUT2D eigenvalue weighted by Crippen LogP contribution is -2.36. The maximum atomic E-state index is 11.1. The van der Waals surface area contributed by atoms with Crippen LogP contribution in [0.3, 0.4) is 0 Å². The number of rotatable bonds is 7. The average molecular weight is 336 g/mol. The molecule has 2 N–H and O–H groups in total. The fourth-order valence-corrected chi connectivity index (χ4v) is 3.91. The van der Waals surface area contributed by atoms with Crippen LogP contribution in [0.1, 0.15) is 42.7 Å². The molecular formula is C22H28N2O. The summed E-state index contributed by atoms with van der Waals surface area (Å²) < 4.78 is 0. The van der Waals surface area contributed by atoms with Crippen LogP contribution in [-0.4, -0.2) is 30.4 Å². The molecule has 0 aliphatic carbocycles. The number of amides is 1. The maximum Gasteiger partial charge on any atom is 0.217 e. The molecule has 132 valence electrons. The standard InChI is InChI=1S/C22H28N2O/c23-22(25)17-18-11-14-24(15-12-18)16-13-21(19-7-3-1-4-8-19)20-9-5-2-6-10-20/h1-10,18,21H,11-17H2,(H2,23,25). The van der Waals surface area contributed by atoms with Crippen LogP contribution in [0.5, 0.6) is 0 Å². The van der Waals surface area contributed by atoms with E-state index in [0.717, 1.165) is 38.9 Å². The third-order valence-electron chi connectivity index (χ3n) is 5.33. The van der Waals surface area contributed by atoms with Gasteiger partial charge in [-0.3, -0.25) is 4.79 Å². The van der Waals surface area contributed by atoms with E-state index < -0.39 is 0 Å². The van der Waals surface area contributed by atoms with Gasteiger partial charge < -0.3 is 10.6 Å². The van der Waals surface area contributed by atoms with Crippen molar-refractivity contribution in [3.05, 3.63) is 71.8 Å². The Hall–Kier alpha value is -2.13. The van der Waals surface area contributed by atoms with Crippen molar-refractivity contribution in [2.45, 2.75) is 31.6 Å². The predicted octanol–water partition coefficient (Wildman–Crippen LogP) is 3.80. The Morgan fingerprint density at radius 2 is 1.48 bits per heavy atom. The molecule has 25 heavy (non-hydrogen) atoms. The van der Waals surface area contributed by atoms with Gasteiger partial charge in [-0.2, -0.15) is 0 Å². The molecule has 0 spiro atoms. The summed E-state index contributed by atoms with van der Waals surface area (Å²) in [5, 5.41) is 0. The molecule has 2 aromatic rings. The van der Waals surface area contributed by atoms with E-state index in [0.29, 0.717) is 18.3 Å². The number of carbonyl (C=O) groups is 1. The van der Waals surface area contributed by atoms with E-state index in [4.69, 9.17) is 5.73 Å². The van der Waals surface area contributed by atoms with Crippen molar-refractivity contribution < 1.29 is 4.79 Å². The third-order valence-corrected chi connectivity index (χ3v) is 5.33. The molecule has 1 aliphatic rings. The minimum Gasteiger partial charge on any atom is -0.370 e. The van der Waals surface area contributed by atoms with Gasteiger partial charge in [-0.05, 0) is 55.9 Å². The highest BCUT2D eigenvalue weighted by Gasteiger charge is 2.22. The van der Waals surface area contributed by atoms with Gasteiger partial charge in [-0.1, -0.05) is 60.7 Å². The van der Waals surface area contributed by atoms with Gasteiger partial charge in [0.2, 0.25) is 5.91 Å². The van der Waals surface area contributed by atoms with E-state index in [1.165, 1.54) is 11.1 Å². The second-order valence-corrected chi connectivity index (χ2v) is 7.12. The number of primary amides is 1. The minimum atomic E-state index is -0.160. The molecule has 2 aromatic carbocycles. The number of piperidine rings is 1. The Morgan fingerprint density at radius 3 is 1.96 bits per heavy atom. The number of hydrogen-bond acceptors (Lipinski definition) is 2. The first-order valence-corrected chi connectivity index (χ1v) is 9.33. The summed E-state index contributed by atoms with van der Waals surface area (Å²) in [6.07, 6.45) is 3.84. The fraction of sp³-hybridized carbons (Fsp3) is 0.409. The molecule has 1 amide bonds. The topological polar surface area (TPSA) is 46.3 Å². The van der Waals surface area contributed by atoms with Gasteiger partial charge in [-0.15, -0.1) is 0 Å². The van der Waals surface area contributed by atoms with Gasteiger partial charge in [0.25, 0.3) is 0 Å². The SMILES string of the molecule is NC(=O)CC1CCN(CCC(c2ccccc2)c2ccccc2)CC1. The quantitative estimate of drug-likeness (QED) is 0.836. The van der Waals surface area contributed by atoms with Gasteiger partial charge in [0, 0.05) is 12.3 Å². The zero-order chi connectivity index (χ0) is 17.5. The zero-order valence-electron chi connectivity index (χ0n) is 14.8. The first-order valence-electron chi connectivity index (χ1n) is 9.33. The van der Waals surface area contributed by atoms with Crippen LogP contribution in [0.15, 0.2) is 60.7 Å². The highest BCUT2D eigenvalue weighted by molar-refractivity contribution is 5.73. The lowest BCUT2D eigenvalue weighted by Gasteiger charge is -2.32. The molecular weight excluding hydrogens is 308 g/mol. The molecule has 0 radical (unpaired) electrons. The molecule has 0 bridgehead atoms. The predicted molar refractivity (Wildman–Crippen MR) is 102 cm³/mol. The molecule has 0 aromatic heterocycles. The number of hydrogen-bond donors (Lipinski definition) is 1. The monoisotopic (exact) mass is 336 g/mol. The summed E-state index contributed by atoms with van der Waals surface area (Å²) in [5.74, 6) is 0.755. The summed E-state index contributed by atoms with van der Waals surface area (Å²) in [5.41, 5.74) is 8.11. The summed E-state index contributed by atoms with van der Waals surface area (Å²) in [6.45, 7) is 3.25. The van der Waals surface area contributed by atoms with E-state index in [2.05, 4.69) is 65.6 Å². The molecule has 0 atom stereocenters. The van der Waals surface area contributed by atoms with Crippen molar-refractivity contribution in [2.24, 2.45) is 11.7 Å². The van der Waals surface area contributed by atoms with Crippen LogP contribution < -0.4 is 5.73 Å². The van der Waals surface area contributed by atoms with E-state index in [-0.39, 0.29) is 5.91 Å². The Kier molecular flexibility index (Phi) is 6.24. The van der Waals surface area contributed by atoms with Crippen molar-refractivity contribution >= 4 is 5.91 Å². The molecule has 1 fully saturated rings. The van der Waals surface area contributed by atoms with Gasteiger partial charge in [0.1, 0.15) is 0 Å². The molecule has 1 heterocycles. The van der Waals surface area contributed by atoms with Crippen LogP contribution in [0.25, 0.3) is 0 Å². The highest BCUT2D eigenvalue weighted by atomic mass is 16.1. The number of nitrogens with two attached hydrogens (primary N) is 1. The lowest BCUT2D eigenvalue weighted by molar-refractivity contribution is -0.119. The Balaban J connectivity index is 1.60. The third kappa shape index (κ3) is 5.17. The normalized spacial score (nSPS) is 16.2. The van der Waals surface area contributed by atoms with Crippen molar-refractivity contribution in [1.29, 1.82) is 0 Å². The summed E-state index contributed by atoms with van der Waals surface area (Å²) in [7, 11) is 0. The molecule has 0 saturated carbocycles. The molecule has 3 heteroatoms. The Labute approximate surface area is 150 Å². The maximum absolute atomic E-state index is 11.1. The Morgan fingerprint density at radius 1 is 0.960 bits per heavy atom. The average Bonchev–Trinajstić information content (AvgIpc) is 2.65. The largest absolute Gasteiger partial charge is 0.370 e. The zero-order valence-corrected chi connectivity index (χ0v) is 14.8. The minimum absolute atomic E-state index is 0.160. The summed E-state index contributed by atoms with van der Waals surface area (Å²) in [6, 6.07) is 21.6. The summed E-state index contributed by atoms with van der Waals surface area (Å²) in [4.78, 5) is 13.6. The molecule has 1 aliphatic heterocycles. The van der Waals surface area contributed by atoms with Gasteiger partial charge >= 0.3 is 0 Å². The molecule has 0 unspecified atom stereocenters. The molecule has 3 nitrogen and oxygen atoms in total. The van der Waals surface area contributed by atoms with Crippen LogP contribution in [0.4, 0.5) is 0 Å². The van der Waals surface area contributed by atoms with E-state index >= 15 is 0 Å². The van der Waals surface area contributed by atoms with Gasteiger partial charge in [0.05, 0.1) is 0 Å². The second kappa shape index (κ2) is 8.82. The van der Waals surface area contributed by atoms with Gasteiger partial charge in [0.15, 0.2) is 0 Å². The van der Waals surface area contributed by atoms with E-state index in [1.54, 1.807) is 0 Å². The molecule has 3 rings (SSSR count). The first-order chi connectivity index (χ1) is 12.2. The van der Waals surface area contributed by atoms with E-state index in [1.807, 2.05) is 0 Å². The number of benzene rings is 2.